The molecule has 0 radical (unpaired) electrons. The molecule has 0 aliphatic carbocycles. The van der Waals surface area contributed by atoms with Gasteiger partial charge >= 0.3 is 0 Å². The molecule has 0 bridgehead atoms. The summed E-state index contributed by atoms with van der Waals surface area (Å²) in [6.45, 7) is 0. The van der Waals surface area contributed by atoms with Gasteiger partial charge in [0.05, 0.1) is 22.4 Å². The molecule has 6 aromatic carbocycles. The van der Waals surface area contributed by atoms with E-state index in [-0.39, 0.29) is 0 Å². The first-order chi connectivity index (χ1) is 24.3. The molecule has 4 heteroatoms. The predicted molar refractivity (Wildman–Crippen MR) is 200 cm³/mol. The first kappa shape index (κ1) is 28.6. The van der Waals surface area contributed by atoms with Crippen molar-refractivity contribution in [1.29, 1.82) is 0 Å². The summed E-state index contributed by atoms with van der Waals surface area (Å²) in [6.07, 6.45) is 4.18. The van der Waals surface area contributed by atoms with Gasteiger partial charge in [0, 0.05) is 57.4 Å². The number of pyridine rings is 1. The first-order valence-corrected chi connectivity index (χ1v) is 16.5. The minimum Gasteiger partial charge on any atom is -0.309 e. The third-order valence-electron chi connectivity index (χ3n) is 9.10. The SMILES string of the molecule is c1ccc(-c2cc(-c3ccccc3)nc(-c3cccc(-c4cccc5c4c4cc(-[n+]6ccccc6)ccc4n5-c4ccccc4)c3)n2)cc1. The highest BCUT2D eigenvalue weighted by Crippen LogP contribution is 2.40. The molecule has 0 unspecified atom stereocenters. The second kappa shape index (κ2) is 12.2. The van der Waals surface area contributed by atoms with Gasteiger partial charge in [0.25, 0.3) is 0 Å². The molecule has 0 fully saturated rings. The lowest BCUT2D eigenvalue weighted by Gasteiger charge is -2.11. The Labute approximate surface area is 284 Å². The van der Waals surface area contributed by atoms with Crippen LogP contribution in [0.5, 0.6) is 0 Å². The Kier molecular flexibility index (Phi) is 7.10. The lowest BCUT2D eigenvalue weighted by Crippen LogP contribution is -2.28. The van der Waals surface area contributed by atoms with E-state index >= 15 is 0 Å². The van der Waals surface area contributed by atoms with Gasteiger partial charge in [0.2, 0.25) is 5.69 Å². The van der Waals surface area contributed by atoms with Crippen LogP contribution in [0.15, 0.2) is 188 Å². The number of rotatable bonds is 6. The van der Waals surface area contributed by atoms with Crippen molar-refractivity contribution in [2.75, 3.05) is 0 Å². The molecule has 230 valence electrons. The molecular formula is C45H31N4+. The molecule has 0 spiro atoms. The largest absolute Gasteiger partial charge is 0.309 e. The zero-order chi connectivity index (χ0) is 32.6. The molecule has 0 atom stereocenters. The van der Waals surface area contributed by atoms with Crippen molar-refractivity contribution in [3.05, 3.63) is 188 Å². The van der Waals surface area contributed by atoms with Gasteiger partial charge in [0.1, 0.15) is 0 Å². The van der Waals surface area contributed by atoms with Crippen molar-refractivity contribution in [1.82, 2.24) is 14.5 Å². The average Bonchev–Trinajstić information content (AvgIpc) is 3.53. The Morgan fingerprint density at radius 2 is 1.02 bits per heavy atom. The van der Waals surface area contributed by atoms with Gasteiger partial charge in [-0.2, -0.15) is 4.57 Å². The number of nitrogens with zero attached hydrogens (tertiary/aromatic N) is 4. The fourth-order valence-electron chi connectivity index (χ4n) is 6.80. The number of hydrogen-bond acceptors (Lipinski definition) is 2. The summed E-state index contributed by atoms with van der Waals surface area (Å²) in [5.74, 6) is 0.698. The molecule has 0 saturated heterocycles. The molecule has 4 nitrogen and oxygen atoms in total. The van der Waals surface area contributed by atoms with Gasteiger partial charge in [-0.3, -0.25) is 0 Å². The number of fused-ring (bicyclic) bond motifs is 3. The molecule has 49 heavy (non-hydrogen) atoms. The monoisotopic (exact) mass is 627 g/mol. The van der Waals surface area contributed by atoms with Crippen LogP contribution in [0.3, 0.4) is 0 Å². The molecule has 0 aliphatic rings. The molecule has 9 aromatic rings. The Morgan fingerprint density at radius 3 is 1.71 bits per heavy atom. The molecular weight excluding hydrogens is 597 g/mol. The van der Waals surface area contributed by atoms with Crippen molar-refractivity contribution in [3.8, 4) is 56.4 Å². The topological polar surface area (TPSA) is 34.6 Å². The lowest BCUT2D eigenvalue weighted by atomic mass is 9.97. The fourth-order valence-corrected chi connectivity index (χ4v) is 6.80. The zero-order valence-electron chi connectivity index (χ0n) is 26.7. The molecule has 3 aromatic heterocycles. The van der Waals surface area contributed by atoms with Crippen LogP contribution in [-0.2, 0) is 0 Å². The number of hydrogen-bond donors (Lipinski definition) is 0. The van der Waals surface area contributed by atoms with E-state index < -0.39 is 0 Å². The summed E-state index contributed by atoms with van der Waals surface area (Å²) < 4.78 is 4.53. The van der Waals surface area contributed by atoms with E-state index in [9.17, 15) is 0 Å². The van der Waals surface area contributed by atoms with Crippen LogP contribution >= 0.6 is 0 Å². The third kappa shape index (κ3) is 5.26. The summed E-state index contributed by atoms with van der Waals surface area (Å²) in [5.41, 5.74) is 11.7. The maximum Gasteiger partial charge on any atom is 0.211 e. The highest BCUT2D eigenvalue weighted by atomic mass is 15.0. The summed E-state index contributed by atoms with van der Waals surface area (Å²) in [5, 5.41) is 2.41. The van der Waals surface area contributed by atoms with Crippen molar-refractivity contribution in [2.24, 2.45) is 0 Å². The minimum absolute atomic E-state index is 0.698. The molecule has 0 amide bonds. The third-order valence-corrected chi connectivity index (χ3v) is 9.10. The zero-order valence-corrected chi connectivity index (χ0v) is 26.7. The highest BCUT2D eigenvalue weighted by molar-refractivity contribution is 6.16. The number of aromatic nitrogens is 4. The standard InChI is InChI=1S/C45H31N4/c1-5-15-32(16-6-1)40-31-41(33-17-7-2-8-18-33)47-45(46-40)35-20-13-19-34(29-35)38-23-14-24-43-44(38)39-30-37(48-27-11-4-12-28-48)25-26-42(39)49(43)36-21-9-3-10-22-36/h1-31H/q+1. The summed E-state index contributed by atoms with van der Waals surface area (Å²) >= 11 is 0. The summed E-state index contributed by atoms with van der Waals surface area (Å²) in [7, 11) is 0. The van der Waals surface area contributed by atoms with E-state index in [1.54, 1.807) is 0 Å². The quantitative estimate of drug-likeness (QED) is 0.172. The summed E-state index contributed by atoms with van der Waals surface area (Å²) in [4.78, 5) is 10.2. The van der Waals surface area contributed by atoms with Crippen LogP contribution in [0.1, 0.15) is 0 Å². The minimum atomic E-state index is 0.698. The maximum absolute atomic E-state index is 5.12. The average molecular weight is 628 g/mol. The molecule has 0 N–H and O–H groups in total. The molecule has 0 saturated carbocycles. The van der Waals surface area contributed by atoms with Crippen molar-refractivity contribution >= 4 is 21.8 Å². The van der Waals surface area contributed by atoms with Gasteiger partial charge in [-0.05, 0) is 47.5 Å². The Bertz CT molecular complexity index is 2520. The number of benzene rings is 6. The van der Waals surface area contributed by atoms with E-state index in [0.717, 1.165) is 61.6 Å². The Hall–Kier alpha value is -6.65. The second-order valence-corrected chi connectivity index (χ2v) is 12.1. The first-order valence-electron chi connectivity index (χ1n) is 16.5. The Morgan fingerprint density at radius 1 is 0.429 bits per heavy atom. The van der Waals surface area contributed by atoms with Gasteiger partial charge in [-0.15, -0.1) is 0 Å². The van der Waals surface area contributed by atoms with Gasteiger partial charge in [-0.1, -0.05) is 115 Å². The summed E-state index contributed by atoms with van der Waals surface area (Å²) in [6, 6.07) is 61.5. The van der Waals surface area contributed by atoms with Crippen LogP contribution in [-0.4, -0.2) is 14.5 Å². The molecule has 0 aliphatic heterocycles. The van der Waals surface area contributed by atoms with E-state index in [0.29, 0.717) is 5.82 Å². The van der Waals surface area contributed by atoms with E-state index in [2.05, 4.69) is 155 Å². The van der Waals surface area contributed by atoms with Crippen LogP contribution in [0.4, 0.5) is 0 Å². The van der Waals surface area contributed by atoms with Gasteiger partial charge < -0.3 is 4.57 Å². The van der Waals surface area contributed by atoms with Crippen molar-refractivity contribution in [2.45, 2.75) is 0 Å². The van der Waals surface area contributed by atoms with Gasteiger partial charge in [-0.25, -0.2) is 9.97 Å². The van der Waals surface area contributed by atoms with Crippen LogP contribution in [0.25, 0.3) is 78.2 Å². The highest BCUT2D eigenvalue weighted by Gasteiger charge is 2.19. The van der Waals surface area contributed by atoms with E-state index in [1.165, 1.54) is 10.8 Å². The van der Waals surface area contributed by atoms with E-state index in [4.69, 9.17) is 9.97 Å². The smallest absolute Gasteiger partial charge is 0.211 e. The second-order valence-electron chi connectivity index (χ2n) is 12.1. The normalized spacial score (nSPS) is 11.3. The maximum atomic E-state index is 5.12. The van der Waals surface area contributed by atoms with Crippen molar-refractivity contribution in [3.63, 3.8) is 0 Å². The number of para-hydroxylation sites is 1. The van der Waals surface area contributed by atoms with Gasteiger partial charge in [0.15, 0.2) is 18.2 Å². The lowest BCUT2D eigenvalue weighted by molar-refractivity contribution is -0.595. The molecule has 9 rings (SSSR count). The fraction of sp³-hybridized carbons (Fsp3) is 0. The van der Waals surface area contributed by atoms with E-state index in [1.807, 2.05) is 42.5 Å². The van der Waals surface area contributed by atoms with Crippen molar-refractivity contribution < 1.29 is 4.57 Å². The molecule has 3 heterocycles. The van der Waals surface area contributed by atoms with Crippen LogP contribution < -0.4 is 4.57 Å². The van der Waals surface area contributed by atoms with Crippen LogP contribution in [0.2, 0.25) is 0 Å². The predicted octanol–water partition coefficient (Wildman–Crippen LogP) is 10.5. The Balaban J connectivity index is 1.26. The van der Waals surface area contributed by atoms with Crippen LogP contribution in [0, 0.1) is 0 Å².